The van der Waals surface area contributed by atoms with Crippen molar-refractivity contribution < 1.29 is 9.53 Å². The molecule has 0 radical (unpaired) electrons. The third-order valence-corrected chi connectivity index (χ3v) is 2.73. The van der Waals surface area contributed by atoms with Gasteiger partial charge in [-0.25, -0.2) is 0 Å². The maximum Gasteiger partial charge on any atom is 0.255 e. The zero-order chi connectivity index (χ0) is 14.5. The van der Waals surface area contributed by atoms with Gasteiger partial charge in [0.25, 0.3) is 5.91 Å². The minimum Gasteiger partial charge on any atom is -0.495 e. The van der Waals surface area contributed by atoms with E-state index < -0.39 is 0 Å². The monoisotopic (exact) mass is 267 g/mol. The van der Waals surface area contributed by atoms with Crippen molar-refractivity contribution in [1.82, 2.24) is 0 Å². The summed E-state index contributed by atoms with van der Waals surface area (Å²) < 4.78 is 5.16. The van der Waals surface area contributed by atoms with E-state index in [2.05, 4.69) is 5.32 Å². The number of rotatable bonds is 3. The molecule has 1 amide bonds. The second-order valence-corrected chi connectivity index (χ2v) is 4.11. The Morgan fingerprint density at radius 2 is 2.10 bits per heavy atom. The van der Waals surface area contributed by atoms with Crippen molar-refractivity contribution in [1.29, 1.82) is 5.26 Å². The highest BCUT2D eigenvalue weighted by molar-refractivity contribution is 6.05. The molecule has 0 saturated heterocycles. The minimum absolute atomic E-state index is 0.291. The van der Waals surface area contributed by atoms with Gasteiger partial charge in [-0.05, 0) is 30.3 Å². The molecule has 5 heteroatoms. The van der Waals surface area contributed by atoms with E-state index in [1.165, 1.54) is 7.11 Å². The van der Waals surface area contributed by atoms with Gasteiger partial charge in [-0.1, -0.05) is 6.07 Å². The molecule has 0 heterocycles. The molecule has 0 spiro atoms. The molecule has 0 fully saturated rings. The first-order valence-corrected chi connectivity index (χ1v) is 5.89. The van der Waals surface area contributed by atoms with Crippen LogP contribution in [-0.2, 0) is 0 Å². The third kappa shape index (κ3) is 2.87. The molecule has 0 aliphatic carbocycles. The summed E-state index contributed by atoms with van der Waals surface area (Å²) in [5, 5.41) is 11.6. The van der Waals surface area contributed by atoms with E-state index in [-0.39, 0.29) is 5.91 Å². The lowest BCUT2D eigenvalue weighted by Crippen LogP contribution is -2.13. The van der Waals surface area contributed by atoms with Gasteiger partial charge >= 0.3 is 0 Å². The summed E-state index contributed by atoms with van der Waals surface area (Å²) in [6, 6.07) is 13.5. The van der Waals surface area contributed by atoms with Crippen LogP contribution < -0.4 is 15.8 Å². The summed E-state index contributed by atoms with van der Waals surface area (Å²) in [7, 11) is 1.48. The van der Waals surface area contributed by atoms with Gasteiger partial charge in [0.2, 0.25) is 0 Å². The van der Waals surface area contributed by atoms with Crippen LogP contribution in [0.3, 0.4) is 0 Å². The zero-order valence-corrected chi connectivity index (χ0v) is 10.9. The number of nitrogens with one attached hydrogen (secondary N) is 1. The Balaban J connectivity index is 2.26. The molecule has 0 atom stereocenters. The number of methoxy groups -OCH3 is 1. The van der Waals surface area contributed by atoms with Crippen molar-refractivity contribution in [3.63, 3.8) is 0 Å². The maximum absolute atomic E-state index is 12.1. The number of nitrogens with zero attached hydrogens (tertiary/aromatic N) is 1. The highest BCUT2D eigenvalue weighted by atomic mass is 16.5. The quantitative estimate of drug-likeness (QED) is 0.836. The molecule has 2 aromatic rings. The van der Waals surface area contributed by atoms with Gasteiger partial charge in [-0.15, -0.1) is 0 Å². The summed E-state index contributed by atoms with van der Waals surface area (Å²) >= 11 is 0. The Morgan fingerprint density at radius 3 is 2.75 bits per heavy atom. The fourth-order valence-electron chi connectivity index (χ4n) is 1.74. The lowest BCUT2D eigenvalue weighted by molar-refractivity contribution is 0.102. The smallest absolute Gasteiger partial charge is 0.255 e. The van der Waals surface area contributed by atoms with Crippen molar-refractivity contribution >= 4 is 17.3 Å². The summed E-state index contributed by atoms with van der Waals surface area (Å²) in [5.41, 5.74) is 7.58. The fourth-order valence-corrected chi connectivity index (χ4v) is 1.74. The largest absolute Gasteiger partial charge is 0.495 e. The van der Waals surface area contributed by atoms with E-state index in [4.69, 9.17) is 15.7 Å². The second-order valence-electron chi connectivity index (χ2n) is 4.11. The van der Waals surface area contributed by atoms with E-state index in [1.54, 1.807) is 42.5 Å². The van der Waals surface area contributed by atoms with Gasteiger partial charge in [0.15, 0.2) is 0 Å². The first-order chi connectivity index (χ1) is 9.63. The van der Waals surface area contributed by atoms with Gasteiger partial charge in [-0.2, -0.15) is 5.26 Å². The Hall–Kier alpha value is -3.00. The van der Waals surface area contributed by atoms with Crippen LogP contribution in [0.5, 0.6) is 5.75 Å². The molecule has 2 aromatic carbocycles. The average Bonchev–Trinajstić information content (AvgIpc) is 2.47. The van der Waals surface area contributed by atoms with E-state index in [0.717, 1.165) is 0 Å². The van der Waals surface area contributed by atoms with Crippen LogP contribution in [0.4, 0.5) is 11.4 Å². The summed E-state index contributed by atoms with van der Waals surface area (Å²) in [6.45, 7) is 0. The Kier molecular flexibility index (Phi) is 3.87. The molecule has 5 nitrogen and oxygen atoms in total. The Bertz CT molecular complexity index is 690. The number of ether oxygens (including phenoxy) is 1. The SMILES string of the molecule is COc1cc(C#N)ccc1NC(=O)c1cccc(N)c1. The molecule has 3 N–H and O–H groups in total. The van der Waals surface area contributed by atoms with Crippen LogP contribution in [-0.4, -0.2) is 13.0 Å². The zero-order valence-electron chi connectivity index (χ0n) is 10.9. The highest BCUT2D eigenvalue weighted by Crippen LogP contribution is 2.26. The second kappa shape index (κ2) is 5.76. The van der Waals surface area contributed by atoms with Crippen molar-refractivity contribution in [3.05, 3.63) is 53.6 Å². The normalized spacial score (nSPS) is 9.60. The van der Waals surface area contributed by atoms with Gasteiger partial charge in [-0.3, -0.25) is 4.79 Å². The van der Waals surface area contributed by atoms with Crippen molar-refractivity contribution in [2.45, 2.75) is 0 Å². The van der Waals surface area contributed by atoms with Crippen LogP contribution in [0.1, 0.15) is 15.9 Å². The number of benzene rings is 2. The van der Waals surface area contributed by atoms with Crippen molar-refractivity contribution in [2.24, 2.45) is 0 Å². The van der Waals surface area contributed by atoms with E-state index in [1.807, 2.05) is 6.07 Å². The number of carbonyl (C=O) groups is 1. The molecular formula is C15H13N3O2. The number of hydrogen-bond acceptors (Lipinski definition) is 4. The molecule has 0 aliphatic heterocycles. The molecule has 0 unspecified atom stereocenters. The number of nitrogens with two attached hydrogens (primary N) is 1. The van der Waals surface area contributed by atoms with Crippen molar-refractivity contribution in [2.75, 3.05) is 18.2 Å². The van der Waals surface area contributed by atoms with E-state index in [9.17, 15) is 4.79 Å². The Labute approximate surface area is 116 Å². The number of amides is 1. The van der Waals surface area contributed by atoms with Crippen molar-refractivity contribution in [3.8, 4) is 11.8 Å². The molecule has 0 aliphatic rings. The third-order valence-electron chi connectivity index (χ3n) is 2.73. The van der Waals surface area contributed by atoms with Gasteiger partial charge in [0, 0.05) is 17.3 Å². The lowest BCUT2D eigenvalue weighted by atomic mass is 10.1. The van der Waals surface area contributed by atoms with Crippen LogP contribution >= 0.6 is 0 Å². The maximum atomic E-state index is 12.1. The first-order valence-electron chi connectivity index (χ1n) is 5.89. The number of nitriles is 1. The summed E-state index contributed by atoms with van der Waals surface area (Å²) in [4.78, 5) is 12.1. The first kappa shape index (κ1) is 13.4. The molecule has 2 rings (SSSR count). The standard InChI is InChI=1S/C15H13N3O2/c1-20-14-7-10(9-16)5-6-13(14)18-15(19)11-3-2-4-12(17)8-11/h2-8H,17H2,1H3,(H,18,19). The fraction of sp³-hybridized carbons (Fsp3) is 0.0667. The number of nitrogen functional groups attached to an aromatic ring is 1. The molecule has 0 bridgehead atoms. The summed E-state index contributed by atoms with van der Waals surface area (Å²) in [5.74, 6) is 0.140. The van der Waals surface area contributed by atoms with E-state index in [0.29, 0.717) is 28.3 Å². The predicted octanol–water partition coefficient (Wildman–Crippen LogP) is 2.40. The molecular weight excluding hydrogens is 254 g/mol. The number of hydrogen-bond donors (Lipinski definition) is 2. The Morgan fingerprint density at radius 1 is 1.30 bits per heavy atom. The van der Waals surface area contributed by atoms with Gasteiger partial charge in [0.1, 0.15) is 5.75 Å². The average molecular weight is 267 g/mol. The molecule has 100 valence electrons. The van der Waals surface area contributed by atoms with Crippen LogP contribution in [0, 0.1) is 11.3 Å². The molecule has 0 saturated carbocycles. The highest BCUT2D eigenvalue weighted by Gasteiger charge is 2.10. The lowest BCUT2D eigenvalue weighted by Gasteiger charge is -2.10. The van der Waals surface area contributed by atoms with Gasteiger partial charge < -0.3 is 15.8 Å². The van der Waals surface area contributed by atoms with Crippen LogP contribution in [0.15, 0.2) is 42.5 Å². The predicted molar refractivity (Wildman–Crippen MR) is 76.5 cm³/mol. The topological polar surface area (TPSA) is 88.1 Å². The van der Waals surface area contributed by atoms with Crippen LogP contribution in [0.25, 0.3) is 0 Å². The molecule has 20 heavy (non-hydrogen) atoms. The summed E-state index contributed by atoms with van der Waals surface area (Å²) in [6.07, 6.45) is 0. The van der Waals surface area contributed by atoms with Gasteiger partial charge in [0.05, 0.1) is 24.4 Å². The number of carbonyl (C=O) groups excluding carboxylic acids is 1. The van der Waals surface area contributed by atoms with E-state index >= 15 is 0 Å². The van der Waals surface area contributed by atoms with Crippen LogP contribution in [0.2, 0.25) is 0 Å². The minimum atomic E-state index is -0.291. The number of anilines is 2. The molecule has 0 aromatic heterocycles.